The normalized spacial score (nSPS) is 24.3. The Morgan fingerprint density at radius 1 is 1.00 bits per heavy atom. The Kier molecular flexibility index (Phi) is 6.63. The highest BCUT2D eigenvalue weighted by Gasteiger charge is 2.31. The van der Waals surface area contributed by atoms with E-state index in [4.69, 9.17) is 0 Å². The molecule has 7 nitrogen and oxygen atoms in total. The van der Waals surface area contributed by atoms with Crippen LogP contribution in [0.1, 0.15) is 40.0 Å². The van der Waals surface area contributed by atoms with Crippen LogP contribution in [-0.2, 0) is 19.6 Å². The minimum atomic E-state index is -3.52. The third-order valence-electron chi connectivity index (χ3n) is 5.91. The zero-order chi connectivity index (χ0) is 21.2. The molecule has 0 saturated carbocycles. The Morgan fingerprint density at radius 2 is 1.55 bits per heavy atom. The molecule has 2 aliphatic heterocycles. The molecule has 2 heterocycles. The topological polar surface area (TPSA) is 86.8 Å². The van der Waals surface area contributed by atoms with Crippen LogP contribution in [0.25, 0.3) is 0 Å². The van der Waals surface area contributed by atoms with Crippen molar-refractivity contribution in [3.05, 3.63) is 24.3 Å². The second-order valence-corrected chi connectivity index (χ2v) is 10.5. The molecular weight excluding hydrogens is 390 g/mol. The molecule has 0 bridgehead atoms. The average molecular weight is 422 g/mol. The molecule has 1 N–H and O–H groups in total. The summed E-state index contributed by atoms with van der Waals surface area (Å²) in [5.41, 5.74) is 0.586. The lowest BCUT2D eigenvalue weighted by Crippen LogP contribution is -2.42. The van der Waals surface area contributed by atoms with Gasteiger partial charge in [0.05, 0.1) is 4.90 Å². The van der Waals surface area contributed by atoms with Gasteiger partial charge in [0, 0.05) is 44.7 Å². The summed E-state index contributed by atoms with van der Waals surface area (Å²) in [7, 11) is -3.52. The van der Waals surface area contributed by atoms with Crippen LogP contribution in [0, 0.1) is 17.8 Å². The van der Waals surface area contributed by atoms with E-state index >= 15 is 0 Å². The van der Waals surface area contributed by atoms with Crippen molar-refractivity contribution in [2.45, 2.75) is 44.9 Å². The molecule has 160 valence electrons. The molecule has 0 radical (unpaired) electrons. The van der Waals surface area contributed by atoms with Crippen molar-refractivity contribution in [2.75, 3.05) is 31.5 Å². The van der Waals surface area contributed by atoms with Gasteiger partial charge in [0.25, 0.3) is 0 Å². The Balaban J connectivity index is 1.61. The number of rotatable bonds is 4. The van der Waals surface area contributed by atoms with Gasteiger partial charge in [-0.2, -0.15) is 4.31 Å². The number of likely N-dealkylation sites (tertiary alicyclic amines) is 1. The highest BCUT2D eigenvalue weighted by Crippen LogP contribution is 2.27. The number of sulfonamides is 1. The van der Waals surface area contributed by atoms with Crippen LogP contribution in [0.4, 0.5) is 5.69 Å². The lowest BCUT2D eigenvalue weighted by Gasteiger charge is -2.34. The summed E-state index contributed by atoms with van der Waals surface area (Å²) in [5.74, 6) is 0.522. The van der Waals surface area contributed by atoms with Gasteiger partial charge in [-0.15, -0.1) is 0 Å². The fraction of sp³-hybridized carbons (Fsp3) is 0.619. The molecule has 2 atom stereocenters. The molecule has 3 rings (SSSR count). The van der Waals surface area contributed by atoms with E-state index in [1.165, 1.54) is 0 Å². The van der Waals surface area contributed by atoms with Gasteiger partial charge in [0.15, 0.2) is 0 Å². The number of nitrogens with one attached hydrogen (secondary N) is 1. The maximum atomic E-state index is 13.0. The summed E-state index contributed by atoms with van der Waals surface area (Å²) in [6, 6.07) is 6.42. The molecule has 1 aromatic rings. The summed E-state index contributed by atoms with van der Waals surface area (Å²) >= 11 is 0. The standard InChI is InChI=1S/C21H31N3O4S/c1-15-12-16(2)14-24(13-15)29(27,28)20-6-4-19(5-7-20)22-21(26)18-8-10-23(11-9-18)17(3)25/h4-7,15-16,18H,8-14H2,1-3H3,(H,22,26)/t15-,16-/m0/s1. The Labute approximate surface area is 173 Å². The highest BCUT2D eigenvalue weighted by molar-refractivity contribution is 7.89. The minimum absolute atomic E-state index is 0.0400. The molecule has 0 aliphatic carbocycles. The van der Waals surface area contributed by atoms with Crippen molar-refractivity contribution >= 4 is 27.5 Å². The van der Waals surface area contributed by atoms with Gasteiger partial charge in [-0.05, 0) is 55.4 Å². The van der Waals surface area contributed by atoms with Gasteiger partial charge >= 0.3 is 0 Å². The summed E-state index contributed by atoms with van der Waals surface area (Å²) in [5, 5.41) is 2.88. The van der Waals surface area contributed by atoms with Crippen molar-refractivity contribution in [1.29, 1.82) is 0 Å². The van der Waals surface area contributed by atoms with Gasteiger partial charge in [-0.3, -0.25) is 9.59 Å². The smallest absolute Gasteiger partial charge is 0.243 e. The zero-order valence-corrected chi connectivity index (χ0v) is 18.2. The van der Waals surface area contributed by atoms with Gasteiger partial charge in [-0.1, -0.05) is 13.8 Å². The molecule has 0 aromatic heterocycles. The first kappa shape index (κ1) is 21.8. The second kappa shape index (κ2) is 8.83. The number of hydrogen-bond acceptors (Lipinski definition) is 4. The number of carbonyl (C=O) groups is 2. The summed E-state index contributed by atoms with van der Waals surface area (Å²) in [6.45, 7) is 7.99. The van der Waals surface area contributed by atoms with Crippen molar-refractivity contribution < 1.29 is 18.0 Å². The number of piperidine rings is 2. The summed E-state index contributed by atoms with van der Waals surface area (Å²) in [6.07, 6.45) is 2.33. The van der Waals surface area contributed by atoms with Crippen LogP contribution in [0.5, 0.6) is 0 Å². The van der Waals surface area contributed by atoms with Crippen LogP contribution in [0.15, 0.2) is 29.2 Å². The quantitative estimate of drug-likeness (QED) is 0.809. The van der Waals surface area contributed by atoms with E-state index in [1.807, 2.05) is 0 Å². The molecule has 1 aromatic carbocycles. The van der Waals surface area contributed by atoms with Crippen LogP contribution in [0.3, 0.4) is 0 Å². The predicted molar refractivity (Wildman–Crippen MR) is 112 cm³/mol. The van der Waals surface area contributed by atoms with Crippen LogP contribution in [0.2, 0.25) is 0 Å². The van der Waals surface area contributed by atoms with E-state index in [1.54, 1.807) is 40.4 Å². The molecule has 0 unspecified atom stereocenters. The number of hydrogen-bond donors (Lipinski definition) is 1. The monoisotopic (exact) mass is 421 g/mol. The lowest BCUT2D eigenvalue weighted by molar-refractivity contribution is -0.132. The van der Waals surface area contributed by atoms with Crippen molar-refractivity contribution in [2.24, 2.45) is 17.8 Å². The van der Waals surface area contributed by atoms with E-state index in [-0.39, 0.29) is 22.6 Å². The largest absolute Gasteiger partial charge is 0.343 e. The SMILES string of the molecule is CC(=O)N1CCC(C(=O)Nc2ccc(S(=O)(=O)N3C[C@@H](C)C[C@H](C)C3)cc2)CC1. The third-order valence-corrected chi connectivity index (χ3v) is 7.75. The predicted octanol–water partition coefficient (Wildman–Crippen LogP) is 2.55. The lowest BCUT2D eigenvalue weighted by atomic mass is 9.94. The summed E-state index contributed by atoms with van der Waals surface area (Å²) < 4.78 is 27.5. The number of nitrogens with zero attached hydrogens (tertiary/aromatic N) is 2. The number of anilines is 1. The van der Waals surface area contributed by atoms with Crippen LogP contribution >= 0.6 is 0 Å². The van der Waals surface area contributed by atoms with Gasteiger partial charge < -0.3 is 10.2 Å². The first-order chi connectivity index (χ1) is 13.7. The molecular formula is C21H31N3O4S. The maximum absolute atomic E-state index is 13.0. The first-order valence-electron chi connectivity index (χ1n) is 10.3. The van der Waals surface area contributed by atoms with E-state index < -0.39 is 10.0 Å². The van der Waals surface area contributed by atoms with Gasteiger partial charge in [-0.25, -0.2) is 8.42 Å². The molecule has 2 saturated heterocycles. The number of amides is 2. The van der Waals surface area contributed by atoms with Crippen LogP contribution in [-0.4, -0.2) is 55.6 Å². The van der Waals surface area contributed by atoms with Gasteiger partial charge in [0.1, 0.15) is 0 Å². The molecule has 0 spiro atoms. The van der Waals surface area contributed by atoms with Crippen molar-refractivity contribution in [3.63, 3.8) is 0 Å². The Bertz CT molecular complexity index is 835. The third kappa shape index (κ3) is 5.17. The molecule has 29 heavy (non-hydrogen) atoms. The molecule has 2 fully saturated rings. The molecule has 2 aliphatic rings. The number of benzene rings is 1. The van der Waals surface area contributed by atoms with Crippen LogP contribution < -0.4 is 5.32 Å². The maximum Gasteiger partial charge on any atom is 0.243 e. The fourth-order valence-electron chi connectivity index (χ4n) is 4.36. The van der Waals surface area contributed by atoms with E-state index in [9.17, 15) is 18.0 Å². The zero-order valence-electron chi connectivity index (χ0n) is 17.4. The first-order valence-corrected chi connectivity index (χ1v) is 11.8. The van der Waals surface area contributed by atoms with Crippen molar-refractivity contribution in [3.8, 4) is 0 Å². The van der Waals surface area contributed by atoms with Crippen molar-refractivity contribution in [1.82, 2.24) is 9.21 Å². The average Bonchev–Trinajstić information content (AvgIpc) is 2.67. The van der Waals surface area contributed by atoms with Gasteiger partial charge in [0.2, 0.25) is 21.8 Å². The van der Waals surface area contributed by atoms with E-state index in [2.05, 4.69) is 19.2 Å². The Morgan fingerprint density at radius 3 is 2.07 bits per heavy atom. The fourth-order valence-corrected chi connectivity index (χ4v) is 6.04. The minimum Gasteiger partial charge on any atom is -0.343 e. The second-order valence-electron chi connectivity index (χ2n) is 8.56. The van der Waals surface area contributed by atoms with E-state index in [0.717, 1.165) is 6.42 Å². The molecule has 8 heteroatoms. The number of carbonyl (C=O) groups excluding carboxylic acids is 2. The van der Waals surface area contributed by atoms with E-state index in [0.29, 0.717) is 56.5 Å². The summed E-state index contributed by atoms with van der Waals surface area (Å²) in [4.78, 5) is 25.9. The Hall–Kier alpha value is -1.93. The molecule has 2 amide bonds. The highest BCUT2D eigenvalue weighted by atomic mass is 32.2.